The van der Waals surface area contributed by atoms with Gasteiger partial charge >= 0.3 is 0 Å². The summed E-state index contributed by atoms with van der Waals surface area (Å²) in [6, 6.07) is 16.3. The van der Waals surface area contributed by atoms with Crippen molar-refractivity contribution in [2.45, 2.75) is 20.3 Å². The molecule has 7 heteroatoms. The first-order valence-corrected chi connectivity index (χ1v) is 9.23. The van der Waals surface area contributed by atoms with Gasteiger partial charge in [-0.25, -0.2) is 0 Å². The Kier molecular flexibility index (Phi) is 6.19. The third-order valence-corrected chi connectivity index (χ3v) is 4.31. The highest BCUT2D eigenvalue weighted by Crippen LogP contribution is 2.25. The molecule has 0 saturated heterocycles. The molecule has 1 aromatic heterocycles. The van der Waals surface area contributed by atoms with Crippen molar-refractivity contribution in [1.29, 1.82) is 0 Å². The number of nitrogens with one attached hydrogen (secondary N) is 2. The zero-order chi connectivity index (χ0) is 20.8. The van der Waals surface area contributed by atoms with Crippen molar-refractivity contribution in [2.75, 3.05) is 22.1 Å². The van der Waals surface area contributed by atoms with Gasteiger partial charge in [0.25, 0.3) is 0 Å². The van der Waals surface area contributed by atoms with Crippen molar-refractivity contribution >= 4 is 45.7 Å². The van der Waals surface area contributed by atoms with Crippen LogP contribution in [0.25, 0.3) is 10.9 Å². The Bertz CT molecular complexity index is 1060. The SMILES string of the molecule is CC(=O)Nc1cccc(NC(=O)CCN(C(C)=O)c2cccc3cccnc23)c1. The van der Waals surface area contributed by atoms with Gasteiger partial charge < -0.3 is 15.5 Å². The lowest BCUT2D eigenvalue weighted by Gasteiger charge is -2.22. The van der Waals surface area contributed by atoms with Crippen molar-refractivity contribution < 1.29 is 14.4 Å². The summed E-state index contributed by atoms with van der Waals surface area (Å²) in [6.45, 7) is 3.11. The molecule has 148 valence electrons. The number of rotatable bonds is 6. The van der Waals surface area contributed by atoms with Gasteiger partial charge in [-0.05, 0) is 30.3 Å². The van der Waals surface area contributed by atoms with Gasteiger partial charge in [-0.15, -0.1) is 0 Å². The Hall–Kier alpha value is -3.74. The van der Waals surface area contributed by atoms with Gasteiger partial charge in [-0.1, -0.05) is 24.3 Å². The van der Waals surface area contributed by atoms with Crippen molar-refractivity contribution in [1.82, 2.24) is 4.98 Å². The number of carbonyl (C=O) groups is 3. The van der Waals surface area contributed by atoms with Crippen LogP contribution in [0.2, 0.25) is 0 Å². The summed E-state index contributed by atoms with van der Waals surface area (Å²) >= 11 is 0. The van der Waals surface area contributed by atoms with Crippen molar-refractivity contribution in [3.63, 3.8) is 0 Å². The monoisotopic (exact) mass is 390 g/mol. The maximum absolute atomic E-state index is 12.4. The first-order valence-electron chi connectivity index (χ1n) is 9.23. The average Bonchev–Trinajstić information content (AvgIpc) is 2.68. The molecule has 0 aliphatic carbocycles. The largest absolute Gasteiger partial charge is 0.326 e. The van der Waals surface area contributed by atoms with E-state index >= 15 is 0 Å². The molecular weight excluding hydrogens is 368 g/mol. The van der Waals surface area contributed by atoms with E-state index in [0.717, 1.165) is 5.39 Å². The van der Waals surface area contributed by atoms with Crippen molar-refractivity contribution in [3.05, 3.63) is 60.8 Å². The van der Waals surface area contributed by atoms with Crippen LogP contribution < -0.4 is 15.5 Å². The number of amides is 3. The molecule has 1 heterocycles. The minimum atomic E-state index is -0.232. The summed E-state index contributed by atoms with van der Waals surface area (Å²) in [5.74, 6) is -0.581. The second-order valence-corrected chi connectivity index (χ2v) is 6.58. The molecule has 0 bridgehead atoms. The zero-order valence-corrected chi connectivity index (χ0v) is 16.3. The predicted molar refractivity (Wildman–Crippen MR) is 114 cm³/mol. The summed E-state index contributed by atoms with van der Waals surface area (Å²) in [5.41, 5.74) is 2.56. The molecule has 3 rings (SSSR count). The number of pyridine rings is 1. The Balaban J connectivity index is 1.70. The van der Waals surface area contributed by atoms with Gasteiger partial charge in [0.2, 0.25) is 17.7 Å². The first-order chi connectivity index (χ1) is 13.9. The average molecular weight is 390 g/mol. The molecule has 0 radical (unpaired) electrons. The quantitative estimate of drug-likeness (QED) is 0.673. The van der Waals surface area contributed by atoms with Crippen LogP contribution in [0.1, 0.15) is 20.3 Å². The van der Waals surface area contributed by atoms with Gasteiger partial charge in [0.1, 0.15) is 0 Å². The molecule has 3 aromatic rings. The lowest BCUT2D eigenvalue weighted by molar-refractivity contribution is -0.117. The lowest BCUT2D eigenvalue weighted by Crippen LogP contribution is -2.32. The van der Waals surface area contributed by atoms with E-state index in [9.17, 15) is 14.4 Å². The van der Waals surface area contributed by atoms with E-state index in [1.165, 1.54) is 13.8 Å². The van der Waals surface area contributed by atoms with Crippen LogP contribution in [0.3, 0.4) is 0 Å². The number of carbonyl (C=O) groups excluding carboxylic acids is 3. The van der Waals surface area contributed by atoms with Crippen LogP contribution in [-0.2, 0) is 14.4 Å². The number of para-hydroxylation sites is 1. The van der Waals surface area contributed by atoms with Crippen LogP contribution in [0, 0.1) is 0 Å². The number of hydrogen-bond donors (Lipinski definition) is 2. The molecule has 2 N–H and O–H groups in total. The van der Waals surface area contributed by atoms with Crippen LogP contribution >= 0.6 is 0 Å². The fourth-order valence-electron chi connectivity index (χ4n) is 3.07. The minimum Gasteiger partial charge on any atom is -0.326 e. The number of anilines is 3. The summed E-state index contributed by atoms with van der Waals surface area (Å²) in [7, 11) is 0. The Morgan fingerprint density at radius 3 is 2.34 bits per heavy atom. The number of nitrogens with zero attached hydrogens (tertiary/aromatic N) is 2. The summed E-state index contributed by atoms with van der Waals surface area (Å²) < 4.78 is 0. The topological polar surface area (TPSA) is 91.4 Å². The van der Waals surface area contributed by atoms with Crippen molar-refractivity contribution in [3.8, 4) is 0 Å². The Morgan fingerprint density at radius 1 is 0.931 bits per heavy atom. The normalized spacial score (nSPS) is 10.4. The molecule has 0 aliphatic heterocycles. The lowest BCUT2D eigenvalue weighted by atomic mass is 10.1. The van der Waals surface area contributed by atoms with E-state index < -0.39 is 0 Å². The van der Waals surface area contributed by atoms with Gasteiger partial charge in [0.15, 0.2) is 0 Å². The van der Waals surface area contributed by atoms with E-state index in [-0.39, 0.29) is 30.7 Å². The van der Waals surface area contributed by atoms with Crippen LogP contribution in [0.15, 0.2) is 60.8 Å². The standard InChI is InChI=1S/C22H22N4O3/c1-15(27)24-18-8-4-9-19(14-18)25-21(29)11-13-26(16(2)28)20-10-3-6-17-7-5-12-23-22(17)20/h3-10,12,14H,11,13H2,1-2H3,(H,24,27)(H,25,29). The first kappa shape index (κ1) is 20.0. The van der Waals surface area contributed by atoms with Gasteiger partial charge in [-0.2, -0.15) is 0 Å². The molecular formula is C22H22N4O3. The fourth-order valence-corrected chi connectivity index (χ4v) is 3.07. The smallest absolute Gasteiger partial charge is 0.226 e. The number of fused-ring (bicyclic) bond motifs is 1. The maximum Gasteiger partial charge on any atom is 0.226 e. The molecule has 29 heavy (non-hydrogen) atoms. The van der Waals surface area contributed by atoms with E-state index in [2.05, 4.69) is 15.6 Å². The molecule has 2 aromatic carbocycles. The molecule has 7 nitrogen and oxygen atoms in total. The highest BCUT2D eigenvalue weighted by Gasteiger charge is 2.16. The van der Waals surface area contributed by atoms with E-state index in [0.29, 0.717) is 22.6 Å². The molecule has 0 fully saturated rings. The summed E-state index contributed by atoms with van der Waals surface area (Å²) in [4.78, 5) is 41.8. The number of aromatic nitrogens is 1. The number of benzene rings is 2. The zero-order valence-electron chi connectivity index (χ0n) is 16.3. The molecule has 0 saturated carbocycles. The van der Waals surface area contributed by atoms with E-state index in [1.807, 2.05) is 30.3 Å². The van der Waals surface area contributed by atoms with Crippen LogP contribution in [-0.4, -0.2) is 29.3 Å². The minimum absolute atomic E-state index is 0.118. The van der Waals surface area contributed by atoms with E-state index in [4.69, 9.17) is 0 Å². The van der Waals surface area contributed by atoms with Crippen molar-refractivity contribution in [2.24, 2.45) is 0 Å². The van der Waals surface area contributed by atoms with Crippen LogP contribution in [0.5, 0.6) is 0 Å². The predicted octanol–water partition coefficient (Wildman–Crippen LogP) is 3.57. The highest BCUT2D eigenvalue weighted by molar-refractivity contribution is 6.02. The highest BCUT2D eigenvalue weighted by atomic mass is 16.2. The third-order valence-electron chi connectivity index (χ3n) is 4.31. The second kappa shape index (κ2) is 8.97. The van der Waals surface area contributed by atoms with Crippen LogP contribution in [0.4, 0.5) is 17.1 Å². The van der Waals surface area contributed by atoms with Gasteiger partial charge in [0.05, 0.1) is 11.2 Å². The molecule has 3 amide bonds. The maximum atomic E-state index is 12.4. The summed E-state index contributed by atoms with van der Waals surface area (Å²) in [6.07, 6.45) is 1.80. The molecule has 0 atom stereocenters. The molecule has 0 unspecified atom stereocenters. The Labute approximate surface area is 168 Å². The summed E-state index contributed by atoms with van der Waals surface area (Å²) in [5, 5.41) is 6.39. The fraction of sp³-hybridized carbons (Fsp3) is 0.182. The second-order valence-electron chi connectivity index (χ2n) is 6.58. The number of hydrogen-bond acceptors (Lipinski definition) is 4. The van der Waals surface area contributed by atoms with E-state index in [1.54, 1.807) is 35.4 Å². The van der Waals surface area contributed by atoms with Gasteiger partial charge in [0, 0.05) is 49.8 Å². The molecule has 0 aliphatic rings. The third kappa shape index (κ3) is 5.16. The molecule has 0 spiro atoms. The Morgan fingerprint density at radius 2 is 1.62 bits per heavy atom. The van der Waals surface area contributed by atoms with Gasteiger partial charge in [-0.3, -0.25) is 19.4 Å².